The fourth-order valence-electron chi connectivity index (χ4n) is 0.692. The molecule has 11 heavy (non-hydrogen) atoms. The highest BCUT2D eigenvalue weighted by molar-refractivity contribution is 5.79. The smallest absolute Gasteiger partial charge is 0.222 e. The van der Waals surface area contributed by atoms with Crippen LogP contribution in [0.4, 0.5) is 0 Å². The standard InChI is InChI=1S/C7H14N2O2/c1-4(7(8)11)5(2)9-6(3)10/h4-5H,1-3H3,(H2,8,11)(H,9,10)/t4-,5+/m1/s1. The zero-order chi connectivity index (χ0) is 9.02. The number of primary amides is 1. The molecule has 0 aliphatic heterocycles. The van der Waals surface area contributed by atoms with Crippen molar-refractivity contribution in [1.29, 1.82) is 0 Å². The summed E-state index contributed by atoms with van der Waals surface area (Å²) in [6, 6.07) is -0.190. The number of amides is 2. The van der Waals surface area contributed by atoms with Crippen LogP contribution in [0.25, 0.3) is 0 Å². The number of hydrogen-bond donors (Lipinski definition) is 2. The maximum absolute atomic E-state index is 10.6. The van der Waals surface area contributed by atoms with Crippen LogP contribution in [0.2, 0.25) is 0 Å². The maximum Gasteiger partial charge on any atom is 0.222 e. The summed E-state index contributed by atoms with van der Waals surface area (Å²) in [4.78, 5) is 21.1. The summed E-state index contributed by atoms with van der Waals surface area (Å²) < 4.78 is 0. The van der Waals surface area contributed by atoms with E-state index in [0.29, 0.717) is 0 Å². The van der Waals surface area contributed by atoms with Crippen molar-refractivity contribution in [2.45, 2.75) is 26.8 Å². The van der Waals surface area contributed by atoms with E-state index in [4.69, 9.17) is 5.73 Å². The molecule has 0 aliphatic carbocycles. The van der Waals surface area contributed by atoms with Crippen LogP contribution in [0.3, 0.4) is 0 Å². The van der Waals surface area contributed by atoms with E-state index in [1.54, 1.807) is 13.8 Å². The highest BCUT2D eigenvalue weighted by Crippen LogP contribution is 1.99. The van der Waals surface area contributed by atoms with E-state index in [2.05, 4.69) is 5.32 Å². The molecule has 0 bridgehead atoms. The molecule has 0 fully saturated rings. The van der Waals surface area contributed by atoms with Gasteiger partial charge in [-0.25, -0.2) is 0 Å². The van der Waals surface area contributed by atoms with E-state index in [1.165, 1.54) is 6.92 Å². The molecule has 2 amide bonds. The van der Waals surface area contributed by atoms with Gasteiger partial charge in [0.25, 0.3) is 0 Å². The van der Waals surface area contributed by atoms with Gasteiger partial charge in [0.15, 0.2) is 0 Å². The molecule has 0 aromatic rings. The number of rotatable bonds is 3. The molecule has 3 N–H and O–H groups in total. The number of hydrogen-bond acceptors (Lipinski definition) is 2. The largest absolute Gasteiger partial charge is 0.369 e. The van der Waals surface area contributed by atoms with Crippen molar-refractivity contribution in [1.82, 2.24) is 5.32 Å². The third kappa shape index (κ3) is 3.60. The maximum atomic E-state index is 10.6. The second kappa shape index (κ2) is 3.95. The molecule has 0 heterocycles. The third-order valence-electron chi connectivity index (χ3n) is 1.63. The van der Waals surface area contributed by atoms with Gasteiger partial charge >= 0.3 is 0 Å². The minimum atomic E-state index is -0.397. The highest BCUT2D eigenvalue weighted by atomic mass is 16.2. The molecule has 0 aliphatic rings. The van der Waals surface area contributed by atoms with Crippen molar-refractivity contribution < 1.29 is 9.59 Å². The topological polar surface area (TPSA) is 72.2 Å². The number of nitrogens with two attached hydrogens (primary N) is 1. The Hall–Kier alpha value is -1.06. The molecule has 2 atom stereocenters. The monoisotopic (exact) mass is 158 g/mol. The van der Waals surface area contributed by atoms with E-state index >= 15 is 0 Å². The summed E-state index contributed by atoms with van der Waals surface area (Å²) in [5, 5.41) is 2.58. The zero-order valence-corrected chi connectivity index (χ0v) is 7.05. The summed E-state index contributed by atoms with van der Waals surface area (Å²) in [6.45, 7) is 4.84. The first-order valence-corrected chi connectivity index (χ1v) is 3.51. The molecule has 64 valence electrons. The fraction of sp³-hybridized carbons (Fsp3) is 0.714. The SMILES string of the molecule is CC(=O)N[C@@H](C)[C@@H](C)C(N)=O. The first-order valence-electron chi connectivity index (χ1n) is 3.51. The van der Waals surface area contributed by atoms with Gasteiger partial charge in [0.1, 0.15) is 0 Å². The van der Waals surface area contributed by atoms with Gasteiger partial charge in [0, 0.05) is 13.0 Å². The van der Waals surface area contributed by atoms with Crippen molar-refractivity contribution >= 4 is 11.8 Å². The van der Waals surface area contributed by atoms with Gasteiger partial charge in [0.2, 0.25) is 11.8 Å². The number of nitrogens with one attached hydrogen (secondary N) is 1. The van der Waals surface area contributed by atoms with Crippen LogP contribution in [0.15, 0.2) is 0 Å². The van der Waals surface area contributed by atoms with Crippen molar-refractivity contribution in [2.24, 2.45) is 11.7 Å². The van der Waals surface area contributed by atoms with E-state index < -0.39 is 5.91 Å². The predicted octanol–water partition coefficient (Wildman–Crippen LogP) is -0.368. The van der Waals surface area contributed by atoms with Crippen LogP contribution in [0.1, 0.15) is 20.8 Å². The second-order valence-electron chi connectivity index (χ2n) is 2.68. The average Bonchev–Trinajstić information content (AvgIpc) is 1.84. The summed E-state index contributed by atoms with van der Waals surface area (Å²) in [5.74, 6) is -0.865. The molecule has 0 radical (unpaired) electrons. The lowest BCUT2D eigenvalue weighted by atomic mass is 10.0. The van der Waals surface area contributed by atoms with Crippen LogP contribution < -0.4 is 11.1 Å². The van der Waals surface area contributed by atoms with Crippen LogP contribution in [-0.2, 0) is 9.59 Å². The number of carbonyl (C=O) groups is 2. The Labute approximate surface area is 66.1 Å². The van der Waals surface area contributed by atoms with Gasteiger partial charge in [-0.2, -0.15) is 0 Å². The Balaban J connectivity index is 3.92. The molecule has 0 rings (SSSR count). The van der Waals surface area contributed by atoms with Crippen molar-refractivity contribution in [2.75, 3.05) is 0 Å². The summed E-state index contributed by atoms with van der Waals surface area (Å²) >= 11 is 0. The summed E-state index contributed by atoms with van der Waals surface area (Å²) in [6.07, 6.45) is 0. The van der Waals surface area contributed by atoms with Crippen molar-refractivity contribution in [3.63, 3.8) is 0 Å². The van der Waals surface area contributed by atoms with E-state index in [-0.39, 0.29) is 17.9 Å². The minimum Gasteiger partial charge on any atom is -0.369 e. The van der Waals surface area contributed by atoms with Gasteiger partial charge in [-0.15, -0.1) is 0 Å². The molecule has 4 heteroatoms. The quantitative estimate of drug-likeness (QED) is 0.588. The fourth-order valence-corrected chi connectivity index (χ4v) is 0.692. The Morgan fingerprint density at radius 2 is 1.82 bits per heavy atom. The van der Waals surface area contributed by atoms with E-state index in [0.717, 1.165) is 0 Å². The molecule has 0 saturated carbocycles. The van der Waals surface area contributed by atoms with Gasteiger partial charge in [-0.3, -0.25) is 9.59 Å². The highest BCUT2D eigenvalue weighted by Gasteiger charge is 2.17. The Morgan fingerprint density at radius 1 is 1.36 bits per heavy atom. The summed E-state index contributed by atoms with van der Waals surface area (Å²) in [7, 11) is 0. The lowest BCUT2D eigenvalue weighted by Crippen LogP contribution is -2.41. The first kappa shape index (κ1) is 9.94. The first-order chi connectivity index (χ1) is 4.95. The molecular weight excluding hydrogens is 144 g/mol. The molecule has 0 aromatic carbocycles. The van der Waals surface area contributed by atoms with Crippen molar-refractivity contribution in [3.05, 3.63) is 0 Å². The molecule has 0 aromatic heterocycles. The molecule has 0 spiro atoms. The third-order valence-corrected chi connectivity index (χ3v) is 1.63. The Kier molecular flexibility index (Phi) is 3.57. The average molecular weight is 158 g/mol. The molecular formula is C7H14N2O2. The lowest BCUT2D eigenvalue weighted by molar-refractivity contribution is -0.123. The Morgan fingerprint density at radius 3 is 2.09 bits per heavy atom. The number of carbonyl (C=O) groups excluding carboxylic acids is 2. The van der Waals surface area contributed by atoms with Crippen LogP contribution >= 0.6 is 0 Å². The van der Waals surface area contributed by atoms with E-state index in [1.807, 2.05) is 0 Å². The summed E-state index contributed by atoms with van der Waals surface area (Å²) in [5.41, 5.74) is 5.02. The molecule has 0 unspecified atom stereocenters. The zero-order valence-electron chi connectivity index (χ0n) is 7.05. The minimum absolute atomic E-state index is 0.148. The van der Waals surface area contributed by atoms with Crippen LogP contribution in [0, 0.1) is 5.92 Å². The molecule has 0 saturated heterocycles. The normalized spacial score (nSPS) is 15.2. The molecule has 4 nitrogen and oxygen atoms in total. The van der Waals surface area contributed by atoms with Gasteiger partial charge in [0.05, 0.1) is 5.92 Å². The van der Waals surface area contributed by atoms with Gasteiger partial charge in [-0.1, -0.05) is 6.92 Å². The van der Waals surface area contributed by atoms with E-state index in [9.17, 15) is 9.59 Å². The lowest BCUT2D eigenvalue weighted by Gasteiger charge is -2.16. The van der Waals surface area contributed by atoms with Crippen LogP contribution in [-0.4, -0.2) is 17.9 Å². The Bertz CT molecular complexity index is 168. The van der Waals surface area contributed by atoms with Crippen molar-refractivity contribution in [3.8, 4) is 0 Å². The predicted molar refractivity (Wildman–Crippen MR) is 41.6 cm³/mol. The van der Waals surface area contributed by atoms with Gasteiger partial charge < -0.3 is 11.1 Å². The van der Waals surface area contributed by atoms with Gasteiger partial charge in [-0.05, 0) is 6.92 Å². The van der Waals surface area contributed by atoms with Crippen LogP contribution in [0.5, 0.6) is 0 Å². The second-order valence-corrected chi connectivity index (χ2v) is 2.68.